The van der Waals surface area contributed by atoms with Gasteiger partial charge in [0.2, 0.25) is 0 Å². The van der Waals surface area contributed by atoms with E-state index >= 15 is 0 Å². The van der Waals surface area contributed by atoms with E-state index in [1.54, 1.807) is 6.20 Å². The van der Waals surface area contributed by atoms with Gasteiger partial charge in [-0.3, -0.25) is 4.98 Å². The molecule has 0 aliphatic heterocycles. The molecule has 0 bridgehead atoms. The molecule has 0 spiro atoms. The molecule has 3 nitrogen and oxygen atoms in total. The second-order valence-electron chi connectivity index (χ2n) is 4.37. The number of halogens is 1. The van der Waals surface area contributed by atoms with Crippen molar-refractivity contribution in [1.29, 1.82) is 0 Å². The number of aryl methyl sites for hydroxylation is 1. The first-order valence-electron chi connectivity index (χ1n) is 4.96. The summed E-state index contributed by atoms with van der Waals surface area (Å²) < 4.78 is 0. The largest absolute Gasteiger partial charge is 0.396 e. The van der Waals surface area contributed by atoms with Crippen LogP contribution in [0.3, 0.4) is 0 Å². The van der Waals surface area contributed by atoms with Crippen LogP contribution in [0.5, 0.6) is 0 Å². The summed E-state index contributed by atoms with van der Waals surface area (Å²) in [6, 6.07) is 0. The van der Waals surface area contributed by atoms with E-state index in [4.69, 9.17) is 17.3 Å². The van der Waals surface area contributed by atoms with Crippen molar-refractivity contribution in [2.75, 3.05) is 17.6 Å². The maximum absolute atomic E-state index is 6.11. The zero-order valence-corrected chi connectivity index (χ0v) is 10.4. The molecule has 0 aliphatic rings. The molecule has 0 amide bonds. The minimum absolute atomic E-state index is 0.282. The van der Waals surface area contributed by atoms with Gasteiger partial charge in [-0.15, -0.1) is 11.6 Å². The molecule has 0 saturated heterocycles. The van der Waals surface area contributed by atoms with Gasteiger partial charge in [0, 0.05) is 12.2 Å². The topological polar surface area (TPSA) is 50.9 Å². The number of aromatic nitrogens is 1. The van der Waals surface area contributed by atoms with Crippen molar-refractivity contribution in [1.82, 2.24) is 4.98 Å². The highest BCUT2D eigenvalue weighted by molar-refractivity contribution is 6.23. The third-order valence-corrected chi connectivity index (χ3v) is 2.42. The first kappa shape index (κ1) is 12.1. The maximum atomic E-state index is 6.11. The Labute approximate surface area is 96.0 Å². The quantitative estimate of drug-likeness (QED) is 0.781. The van der Waals surface area contributed by atoms with Gasteiger partial charge in [0.05, 0.1) is 22.4 Å². The Morgan fingerprint density at radius 1 is 1.47 bits per heavy atom. The van der Waals surface area contributed by atoms with Crippen molar-refractivity contribution >= 4 is 23.0 Å². The van der Waals surface area contributed by atoms with Crippen LogP contribution in [0.25, 0.3) is 0 Å². The monoisotopic (exact) mass is 227 g/mol. The van der Waals surface area contributed by atoms with Crippen molar-refractivity contribution in [2.45, 2.75) is 32.6 Å². The average molecular weight is 228 g/mol. The number of hydrogen-bond acceptors (Lipinski definition) is 3. The number of hydrogen-bond donors (Lipinski definition) is 2. The van der Waals surface area contributed by atoms with E-state index in [-0.39, 0.29) is 4.87 Å². The molecule has 1 rings (SSSR count). The second-order valence-corrected chi connectivity index (χ2v) is 5.39. The number of nitrogen functional groups attached to an aromatic ring is 1. The molecule has 1 heterocycles. The zero-order valence-electron chi connectivity index (χ0n) is 9.69. The minimum atomic E-state index is -0.282. The average Bonchev–Trinajstić information content (AvgIpc) is 2.10. The predicted molar refractivity (Wildman–Crippen MR) is 66.5 cm³/mol. The van der Waals surface area contributed by atoms with Gasteiger partial charge in [-0.2, -0.15) is 0 Å². The molecule has 1 aromatic heterocycles. The van der Waals surface area contributed by atoms with Gasteiger partial charge < -0.3 is 11.1 Å². The normalized spacial score (nSPS) is 11.5. The maximum Gasteiger partial charge on any atom is 0.0739 e. The minimum Gasteiger partial charge on any atom is -0.396 e. The first-order valence-corrected chi connectivity index (χ1v) is 5.33. The van der Waals surface area contributed by atoms with E-state index in [1.807, 2.05) is 27.7 Å². The highest BCUT2D eigenvalue weighted by Gasteiger charge is 2.14. The zero-order chi connectivity index (χ0) is 11.6. The fourth-order valence-electron chi connectivity index (χ4n) is 1.26. The van der Waals surface area contributed by atoms with Crippen LogP contribution in [-0.4, -0.2) is 16.4 Å². The van der Waals surface area contributed by atoms with Crippen molar-refractivity contribution in [2.24, 2.45) is 0 Å². The van der Waals surface area contributed by atoms with Crippen LogP contribution in [-0.2, 0) is 0 Å². The van der Waals surface area contributed by atoms with E-state index in [9.17, 15) is 0 Å². The van der Waals surface area contributed by atoms with Gasteiger partial charge in [-0.05, 0) is 33.3 Å². The summed E-state index contributed by atoms with van der Waals surface area (Å²) in [4.78, 5) is 3.90. The molecule has 0 unspecified atom stereocenters. The van der Waals surface area contributed by atoms with E-state index in [2.05, 4.69) is 10.3 Å². The third kappa shape index (κ3) is 3.27. The molecule has 0 fully saturated rings. The summed E-state index contributed by atoms with van der Waals surface area (Å²) in [5.74, 6) is 0. The Morgan fingerprint density at radius 3 is 2.60 bits per heavy atom. The van der Waals surface area contributed by atoms with Crippen molar-refractivity contribution < 1.29 is 0 Å². The highest BCUT2D eigenvalue weighted by Crippen LogP contribution is 2.25. The standard InChI is InChI=1S/C11H18ClN3/c1-7-8(2)14-5-9(13)10(7)15-6-11(3,4)12/h5H,6,13H2,1-4H3,(H,14,15). The van der Waals surface area contributed by atoms with Crippen LogP contribution in [0.4, 0.5) is 11.4 Å². The van der Waals surface area contributed by atoms with Crippen LogP contribution in [0.1, 0.15) is 25.1 Å². The van der Waals surface area contributed by atoms with Crippen molar-refractivity contribution in [3.8, 4) is 0 Å². The predicted octanol–water partition coefficient (Wildman–Crippen LogP) is 2.71. The summed E-state index contributed by atoms with van der Waals surface area (Å²) in [6.45, 7) is 8.55. The lowest BCUT2D eigenvalue weighted by Gasteiger charge is -2.20. The van der Waals surface area contributed by atoms with E-state index < -0.39 is 0 Å². The summed E-state index contributed by atoms with van der Waals surface area (Å²) in [5, 5.41) is 3.27. The Hall–Kier alpha value is -0.960. The Morgan fingerprint density at radius 2 is 2.07 bits per heavy atom. The highest BCUT2D eigenvalue weighted by atomic mass is 35.5. The summed E-state index contributed by atoms with van der Waals surface area (Å²) >= 11 is 6.11. The summed E-state index contributed by atoms with van der Waals surface area (Å²) in [7, 11) is 0. The van der Waals surface area contributed by atoms with E-state index in [1.165, 1.54) is 0 Å². The van der Waals surface area contributed by atoms with Crippen LogP contribution in [0.2, 0.25) is 0 Å². The number of pyridine rings is 1. The smallest absolute Gasteiger partial charge is 0.0739 e. The molecule has 4 heteroatoms. The molecule has 0 atom stereocenters. The number of nitrogens with zero attached hydrogens (tertiary/aromatic N) is 1. The van der Waals surface area contributed by atoms with Gasteiger partial charge in [0.1, 0.15) is 0 Å². The number of rotatable bonds is 3. The second kappa shape index (κ2) is 4.27. The molecule has 15 heavy (non-hydrogen) atoms. The van der Waals surface area contributed by atoms with Crippen molar-refractivity contribution in [3.63, 3.8) is 0 Å². The van der Waals surface area contributed by atoms with Crippen LogP contribution in [0.15, 0.2) is 6.20 Å². The van der Waals surface area contributed by atoms with E-state index in [0.29, 0.717) is 12.2 Å². The van der Waals surface area contributed by atoms with Gasteiger partial charge in [0.25, 0.3) is 0 Å². The van der Waals surface area contributed by atoms with Crippen LogP contribution < -0.4 is 11.1 Å². The molecule has 84 valence electrons. The lowest BCUT2D eigenvalue weighted by atomic mass is 10.1. The van der Waals surface area contributed by atoms with Crippen LogP contribution in [0, 0.1) is 13.8 Å². The number of anilines is 2. The van der Waals surface area contributed by atoms with Gasteiger partial charge >= 0.3 is 0 Å². The number of nitrogens with two attached hydrogens (primary N) is 1. The lowest BCUT2D eigenvalue weighted by molar-refractivity contribution is 0.735. The molecule has 0 saturated carbocycles. The molecule has 0 aromatic carbocycles. The summed E-state index contributed by atoms with van der Waals surface area (Å²) in [5.41, 5.74) is 9.52. The Balaban J connectivity index is 2.90. The number of alkyl halides is 1. The van der Waals surface area contributed by atoms with Gasteiger partial charge in [-0.1, -0.05) is 0 Å². The van der Waals surface area contributed by atoms with Crippen LogP contribution >= 0.6 is 11.6 Å². The first-order chi connectivity index (χ1) is 6.81. The van der Waals surface area contributed by atoms with E-state index in [0.717, 1.165) is 16.9 Å². The van der Waals surface area contributed by atoms with Crippen molar-refractivity contribution in [3.05, 3.63) is 17.5 Å². The van der Waals surface area contributed by atoms with Gasteiger partial charge in [0.15, 0.2) is 0 Å². The fraction of sp³-hybridized carbons (Fsp3) is 0.545. The third-order valence-electron chi connectivity index (χ3n) is 2.29. The molecular weight excluding hydrogens is 210 g/mol. The molecule has 1 aromatic rings. The molecule has 0 radical (unpaired) electrons. The Bertz CT molecular complexity index is 356. The lowest BCUT2D eigenvalue weighted by Crippen LogP contribution is -2.24. The Kier molecular flexibility index (Phi) is 3.45. The molecule has 3 N–H and O–H groups in total. The summed E-state index contributed by atoms with van der Waals surface area (Å²) in [6.07, 6.45) is 1.67. The molecular formula is C11H18ClN3. The SMILES string of the molecule is Cc1ncc(N)c(NCC(C)(C)Cl)c1C. The van der Waals surface area contributed by atoms with Gasteiger partial charge in [-0.25, -0.2) is 0 Å². The molecule has 0 aliphatic carbocycles. The fourth-order valence-corrected chi connectivity index (χ4v) is 1.33. The number of nitrogens with one attached hydrogen (secondary N) is 1.